The fraction of sp³-hybridized carbons (Fsp3) is 0.318. The van der Waals surface area contributed by atoms with E-state index >= 15 is 0 Å². The number of carbonyl (C=O) groups is 2. The van der Waals surface area contributed by atoms with Crippen molar-refractivity contribution in [2.45, 2.75) is 20.3 Å². The van der Waals surface area contributed by atoms with Crippen LogP contribution in [0.3, 0.4) is 0 Å². The van der Waals surface area contributed by atoms with Gasteiger partial charge in [-0.05, 0) is 67.5 Å². The highest BCUT2D eigenvalue weighted by Gasteiger charge is 2.09. The maximum atomic E-state index is 12.2. The molecular weight excluding hydrogens is 418 g/mol. The lowest BCUT2D eigenvalue weighted by Gasteiger charge is -2.12. The summed E-state index contributed by atoms with van der Waals surface area (Å²) in [5.74, 6) is 0.367. The molecular formula is C22H27N3O5S. The van der Waals surface area contributed by atoms with Crippen molar-refractivity contribution >= 4 is 29.1 Å². The van der Waals surface area contributed by atoms with Crippen LogP contribution in [0.2, 0.25) is 0 Å². The standard InChI is InChI=1S/C22H27N3O5S/c1-3-16-5-9-19(10-6-16)30-15-20(26)24-25-22(31)23-21(27)17-7-11-18(12-8-17)29-14-13-28-4-2/h5-12H,3-4,13-15H2,1-2H3,(H,24,26)(H2,23,25,27,31). The first-order chi connectivity index (χ1) is 15.0. The van der Waals surface area contributed by atoms with Crippen LogP contribution < -0.4 is 25.6 Å². The number of aryl methyl sites for hydroxylation is 1. The highest BCUT2D eigenvalue weighted by Crippen LogP contribution is 2.13. The van der Waals surface area contributed by atoms with Gasteiger partial charge in [0.2, 0.25) is 0 Å². The molecule has 0 spiro atoms. The first-order valence-electron chi connectivity index (χ1n) is 9.94. The summed E-state index contributed by atoms with van der Waals surface area (Å²) in [6.45, 7) is 5.35. The Labute approximate surface area is 187 Å². The van der Waals surface area contributed by atoms with Gasteiger partial charge < -0.3 is 14.2 Å². The minimum absolute atomic E-state index is 0.0392. The van der Waals surface area contributed by atoms with E-state index in [0.717, 1.165) is 6.42 Å². The number of amides is 2. The normalized spacial score (nSPS) is 10.1. The number of thiocarbonyl (C=S) groups is 1. The molecule has 0 aromatic heterocycles. The van der Waals surface area contributed by atoms with E-state index < -0.39 is 11.8 Å². The lowest BCUT2D eigenvalue weighted by molar-refractivity contribution is -0.123. The van der Waals surface area contributed by atoms with Gasteiger partial charge in [-0.15, -0.1) is 0 Å². The summed E-state index contributed by atoms with van der Waals surface area (Å²) in [6, 6.07) is 14.1. The quantitative estimate of drug-likeness (QED) is 0.293. The van der Waals surface area contributed by atoms with Gasteiger partial charge in [0.25, 0.3) is 11.8 Å². The number of benzene rings is 2. The Morgan fingerprint density at radius 2 is 1.52 bits per heavy atom. The van der Waals surface area contributed by atoms with Crippen molar-refractivity contribution in [3.05, 3.63) is 59.7 Å². The van der Waals surface area contributed by atoms with Crippen LogP contribution in [-0.4, -0.2) is 43.4 Å². The summed E-state index contributed by atoms with van der Waals surface area (Å²) in [7, 11) is 0. The summed E-state index contributed by atoms with van der Waals surface area (Å²) < 4.78 is 16.1. The summed E-state index contributed by atoms with van der Waals surface area (Å²) >= 11 is 5.02. The Balaban J connectivity index is 1.68. The van der Waals surface area contributed by atoms with Gasteiger partial charge in [0.1, 0.15) is 18.1 Å². The number of ether oxygens (including phenoxy) is 3. The molecule has 2 rings (SSSR count). The third-order valence-corrected chi connectivity index (χ3v) is 4.27. The molecule has 0 unspecified atom stereocenters. The van der Waals surface area contributed by atoms with Crippen molar-refractivity contribution in [3.8, 4) is 11.5 Å². The van der Waals surface area contributed by atoms with Crippen molar-refractivity contribution in [2.24, 2.45) is 0 Å². The summed E-state index contributed by atoms with van der Waals surface area (Å²) in [5, 5.41) is 2.44. The van der Waals surface area contributed by atoms with E-state index in [1.165, 1.54) is 5.56 Å². The number of rotatable bonds is 10. The van der Waals surface area contributed by atoms with Crippen LogP contribution in [0, 0.1) is 0 Å². The summed E-state index contributed by atoms with van der Waals surface area (Å²) in [4.78, 5) is 24.1. The zero-order chi connectivity index (χ0) is 22.5. The first kappa shape index (κ1) is 24.1. The zero-order valence-electron chi connectivity index (χ0n) is 17.6. The third kappa shape index (κ3) is 9.02. The molecule has 0 fully saturated rings. The van der Waals surface area contributed by atoms with Gasteiger partial charge in [-0.1, -0.05) is 19.1 Å². The summed E-state index contributed by atoms with van der Waals surface area (Å²) in [5.41, 5.74) is 6.42. The number of hydrogen-bond acceptors (Lipinski definition) is 6. The second-order valence-electron chi connectivity index (χ2n) is 6.31. The van der Waals surface area contributed by atoms with Crippen LogP contribution in [0.25, 0.3) is 0 Å². The Morgan fingerprint density at radius 1 is 0.871 bits per heavy atom. The molecule has 3 N–H and O–H groups in total. The zero-order valence-corrected chi connectivity index (χ0v) is 18.4. The van der Waals surface area contributed by atoms with Crippen molar-refractivity contribution in [1.82, 2.24) is 16.2 Å². The number of hydrazine groups is 1. The molecule has 2 aromatic rings. The largest absolute Gasteiger partial charge is 0.491 e. The predicted molar refractivity (Wildman–Crippen MR) is 121 cm³/mol. The van der Waals surface area contributed by atoms with Gasteiger partial charge in [-0.2, -0.15) is 0 Å². The predicted octanol–water partition coefficient (Wildman–Crippen LogP) is 2.38. The molecule has 0 saturated heterocycles. The van der Waals surface area contributed by atoms with Crippen LogP contribution >= 0.6 is 12.2 Å². The molecule has 8 nitrogen and oxygen atoms in total. The maximum absolute atomic E-state index is 12.2. The van der Waals surface area contributed by atoms with Gasteiger partial charge in [-0.3, -0.25) is 25.8 Å². The second-order valence-corrected chi connectivity index (χ2v) is 6.72. The molecule has 0 aliphatic rings. The van der Waals surface area contributed by atoms with Crippen LogP contribution in [-0.2, 0) is 16.0 Å². The summed E-state index contributed by atoms with van der Waals surface area (Å²) in [6.07, 6.45) is 0.931. The average Bonchev–Trinajstić information content (AvgIpc) is 2.80. The Hall–Kier alpha value is -3.17. The van der Waals surface area contributed by atoms with Gasteiger partial charge >= 0.3 is 0 Å². The molecule has 9 heteroatoms. The Kier molecular flexibility index (Phi) is 10.3. The van der Waals surface area contributed by atoms with Crippen LogP contribution in [0.4, 0.5) is 0 Å². The first-order valence-corrected chi connectivity index (χ1v) is 10.3. The molecule has 0 heterocycles. The number of carbonyl (C=O) groups excluding carboxylic acids is 2. The van der Waals surface area contributed by atoms with Crippen LogP contribution in [0.15, 0.2) is 48.5 Å². The van der Waals surface area contributed by atoms with E-state index in [1.54, 1.807) is 36.4 Å². The molecule has 0 radical (unpaired) electrons. The third-order valence-electron chi connectivity index (χ3n) is 4.06. The van der Waals surface area contributed by atoms with Crippen molar-refractivity contribution in [1.29, 1.82) is 0 Å². The van der Waals surface area contributed by atoms with Crippen LogP contribution in [0.1, 0.15) is 29.8 Å². The fourth-order valence-corrected chi connectivity index (χ4v) is 2.55. The van der Waals surface area contributed by atoms with Crippen LogP contribution in [0.5, 0.6) is 11.5 Å². The average molecular weight is 446 g/mol. The molecule has 0 saturated carbocycles. The van der Waals surface area contributed by atoms with E-state index in [1.807, 2.05) is 19.1 Å². The fourth-order valence-electron chi connectivity index (χ4n) is 2.40. The maximum Gasteiger partial charge on any atom is 0.276 e. The van der Waals surface area contributed by atoms with E-state index in [4.69, 9.17) is 26.4 Å². The van der Waals surface area contributed by atoms with E-state index in [-0.39, 0.29) is 11.7 Å². The molecule has 0 aliphatic heterocycles. The smallest absolute Gasteiger partial charge is 0.276 e. The molecule has 166 valence electrons. The van der Waals surface area contributed by atoms with E-state index in [0.29, 0.717) is 36.9 Å². The molecule has 2 aromatic carbocycles. The number of hydrogen-bond donors (Lipinski definition) is 3. The lowest BCUT2D eigenvalue weighted by Crippen LogP contribution is -2.49. The highest BCUT2D eigenvalue weighted by molar-refractivity contribution is 7.80. The second kappa shape index (κ2) is 13.2. The monoisotopic (exact) mass is 445 g/mol. The SMILES string of the molecule is CCOCCOc1ccc(C(=O)NC(=S)NNC(=O)COc2ccc(CC)cc2)cc1. The Bertz CT molecular complexity index is 856. The van der Waals surface area contributed by atoms with Crippen molar-refractivity contribution in [2.75, 3.05) is 26.4 Å². The van der Waals surface area contributed by atoms with E-state index in [2.05, 4.69) is 23.1 Å². The molecule has 0 atom stereocenters. The minimum Gasteiger partial charge on any atom is -0.491 e. The lowest BCUT2D eigenvalue weighted by atomic mass is 10.2. The number of nitrogens with one attached hydrogen (secondary N) is 3. The van der Waals surface area contributed by atoms with E-state index in [9.17, 15) is 9.59 Å². The van der Waals surface area contributed by atoms with Gasteiger partial charge in [0.15, 0.2) is 11.7 Å². The highest BCUT2D eigenvalue weighted by atomic mass is 32.1. The topological polar surface area (TPSA) is 97.9 Å². The van der Waals surface area contributed by atoms with Crippen molar-refractivity contribution in [3.63, 3.8) is 0 Å². The van der Waals surface area contributed by atoms with Gasteiger partial charge in [0, 0.05) is 12.2 Å². The van der Waals surface area contributed by atoms with Gasteiger partial charge in [-0.25, -0.2) is 0 Å². The van der Waals surface area contributed by atoms with Gasteiger partial charge in [0.05, 0.1) is 6.61 Å². The molecule has 31 heavy (non-hydrogen) atoms. The molecule has 2 amide bonds. The molecule has 0 aliphatic carbocycles. The Morgan fingerprint density at radius 3 is 2.16 bits per heavy atom. The van der Waals surface area contributed by atoms with Crippen molar-refractivity contribution < 1.29 is 23.8 Å². The minimum atomic E-state index is -0.440. The molecule has 0 bridgehead atoms.